The van der Waals surface area contributed by atoms with Gasteiger partial charge in [-0.15, -0.1) is 0 Å². The summed E-state index contributed by atoms with van der Waals surface area (Å²) in [5.74, 6) is -0.0294. The maximum Gasteiger partial charge on any atom is 0.206 e. The topological polar surface area (TPSA) is 108 Å². The standard InChI is InChI=1S/C21H20N6O3/c1-3-30-17-11-22-21(23-12-17)15-6-4-5-14(9-15)20(29)19-18(28)7-8-27(25-19)16-10-24-26(2)13-16/h4-13,20,29H,3H2,1-2H3/i1D3,2D3,3D2. The molecule has 1 unspecified atom stereocenters. The summed E-state index contributed by atoms with van der Waals surface area (Å²) in [6.07, 6.45) is 4.59. The van der Waals surface area contributed by atoms with E-state index in [4.69, 9.17) is 15.7 Å². The minimum absolute atomic E-state index is 0.163. The van der Waals surface area contributed by atoms with Gasteiger partial charge in [0.15, 0.2) is 11.6 Å². The summed E-state index contributed by atoms with van der Waals surface area (Å²) >= 11 is 0. The van der Waals surface area contributed by atoms with E-state index in [1.807, 2.05) is 0 Å². The third kappa shape index (κ3) is 3.96. The van der Waals surface area contributed by atoms with Gasteiger partial charge in [0.05, 0.1) is 34.1 Å². The first-order chi connectivity index (χ1) is 17.7. The second-order valence-electron chi connectivity index (χ2n) is 6.13. The first kappa shape index (κ1) is 12.0. The lowest BCUT2D eigenvalue weighted by Crippen LogP contribution is -2.20. The summed E-state index contributed by atoms with van der Waals surface area (Å²) in [6.45, 7) is -8.45. The Morgan fingerprint density at radius 2 is 2.13 bits per heavy atom. The van der Waals surface area contributed by atoms with E-state index < -0.39 is 31.9 Å². The Bertz CT molecular complexity index is 1500. The van der Waals surface area contributed by atoms with Crippen molar-refractivity contribution in [1.29, 1.82) is 0 Å². The van der Waals surface area contributed by atoms with Crippen LogP contribution in [0.1, 0.15) is 35.2 Å². The smallest absolute Gasteiger partial charge is 0.206 e. The number of nitrogens with zero attached hydrogens (tertiary/aromatic N) is 6. The van der Waals surface area contributed by atoms with Gasteiger partial charge in [-0.05, 0) is 18.5 Å². The molecule has 1 atom stereocenters. The van der Waals surface area contributed by atoms with Crippen molar-refractivity contribution >= 4 is 0 Å². The Morgan fingerprint density at radius 1 is 1.27 bits per heavy atom. The van der Waals surface area contributed by atoms with Crippen LogP contribution < -0.4 is 10.2 Å². The molecule has 0 aliphatic heterocycles. The molecule has 0 saturated heterocycles. The number of hydrogen-bond acceptors (Lipinski definition) is 7. The number of ether oxygens (including phenoxy) is 1. The van der Waals surface area contributed by atoms with Gasteiger partial charge < -0.3 is 9.84 Å². The lowest BCUT2D eigenvalue weighted by Gasteiger charge is -2.13. The molecule has 9 heteroatoms. The van der Waals surface area contributed by atoms with Gasteiger partial charge in [-0.1, -0.05) is 18.2 Å². The van der Waals surface area contributed by atoms with E-state index in [9.17, 15) is 9.90 Å². The highest BCUT2D eigenvalue weighted by atomic mass is 16.5. The zero-order chi connectivity index (χ0) is 27.9. The predicted octanol–water partition coefficient (Wildman–Crippen LogP) is 1.90. The molecule has 1 aromatic carbocycles. The van der Waals surface area contributed by atoms with E-state index in [0.29, 0.717) is 5.56 Å². The normalized spacial score (nSPS) is 17.2. The van der Waals surface area contributed by atoms with Gasteiger partial charge in [0.2, 0.25) is 5.43 Å². The van der Waals surface area contributed by atoms with E-state index in [0.717, 1.165) is 17.1 Å². The van der Waals surface area contributed by atoms with E-state index >= 15 is 0 Å². The van der Waals surface area contributed by atoms with Crippen LogP contribution in [0.15, 0.2) is 66.1 Å². The molecule has 0 aliphatic rings. The quantitative estimate of drug-likeness (QED) is 0.515. The molecule has 0 radical (unpaired) electrons. The van der Waals surface area contributed by atoms with Gasteiger partial charge in [-0.25, -0.2) is 14.6 Å². The summed E-state index contributed by atoms with van der Waals surface area (Å²) in [4.78, 5) is 20.7. The number of benzene rings is 1. The van der Waals surface area contributed by atoms with Crippen molar-refractivity contribution in [2.24, 2.45) is 6.98 Å². The molecular weight excluding hydrogens is 384 g/mol. The SMILES string of the molecule is [2H]C([2H])([2H])n1cc(-n2ccc(=O)c(C(O)c3cccc(-c4ncc(OC([2H])([2H])C([2H])([2H])[2H])cn4)c3)n2)cn1. The van der Waals surface area contributed by atoms with Crippen LogP contribution in [0.2, 0.25) is 0 Å². The summed E-state index contributed by atoms with van der Waals surface area (Å²) in [5, 5.41) is 18.9. The summed E-state index contributed by atoms with van der Waals surface area (Å²) in [5.41, 5.74) is 0.209. The van der Waals surface area contributed by atoms with Gasteiger partial charge in [0.25, 0.3) is 0 Å². The molecule has 0 bridgehead atoms. The van der Waals surface area contributed by atoms with Crippen LogP contribution in [0.4, 0.5) is 0 Å². The van der Waals surface area contributed by atoms with Crippen LogP contribution >= 0.6 is 0 Å². The summed E-state index contributed by atoms with van der Waals surface area (Å²) in [6, 6.07) is 7.49. The number of aliphatic hydroxyl groups is 1. The second kappa shape index (κ2) is 8.26. The zero-order valence-corrected chi connectivity index (χ0v) is 15.3. The molecule has 30 heavy (non-hydrogen) atoms. The largest absolute Gasteiger partial charge is 0.491 e. The molecule has 4 aromatic rings. The average molecular weight is 412 g/mol. The highest BCUT2D eigenvalue weighted by Crippen LogP contribution is 2.24. The van der Waals surface area contributed by atoms with Crippen molar-refractivity contribution < 1.29 is 20.8 Å². The number of aromatic nitrogens is 6. The van der Waals surface area contributed by atoms with E-state index in [1.165, 1.54) is 35.4 Å². The highest BCUT2D eigenvalue weighted by Gasteiger charge is 2.18. The van der Waals surface area contributed by atoms with Crippen molar-refractivity contribution in [3.8, 4) is 22.8 Å². The van der Waals surface area contributed by atoms with Gasteiger partial charge >= 0.3 is 0 Å². The van der Waals surface area contributed by atoms with E-state index in [1.54, 1.807) is 18.2 Å². The third-order valence-corrected chi connectivity index (χ3v) is 4.19. The monoisotopic (exact) mass is 412 g/mol. The Labute approximate surface area is 183 Å². The Balaban J connectivity index is 1.59. The van der Waals surface area contributed by atoms with Crippen molar-refractivity contribution in [1.82, 2.24) is 29.5 Å². The number of aryl methyl sites for hydroxylation is 1. The number of rotatable bonds is 6. The zero-order valence-electron chi connectivity index (χ0n) is 23.3. The Hall–Kier alpha value is -3.85. The first-order valence-corrected chi connectivity index (χ1v) is 8.61. The van der Waals surface area contributed by atoms with Crippen LogP contribution in [0, 0.1) is 0 Å². The molecular formula is C21H20N6O3. The lowest BCUT2D eigenvalue weighted by molar-refractivity contribution is 0.212. The molecule has 0 saturated carbocycles. The van der Waals surface area contributed by atoms with Crippen LogP contribution in [0.3, 0.4) is 0 Å². The molecule has 3 aromatic heterocycles. The van der Waals surface area contributed by atoms with Crippen molar-refractivity contribution in [2.45, 2.75) is 13.0 Å². The fourth-order valence-electron chi connectivity index (χ4n) is 2.77. The third-order valence-electron chi connectivity index (χ3n) is 4.19. The second-order valence-corrected chi connectivity index (χ2v) is 6.13. The van der Waals surface area contributed by atoms with Crippen LogP contribution in [-0.4, -0.2) is 41.2 Å². The maximum absolute atomic E-state index is 12.5. The maximum atomic E-state index is 12.5. The van der Waals surface area contributed by atoms with Gasteiger partial charge in [-0.2, -0.15) is 10.2 Å². The van der Waals surface area contributed by atoms with Crippen molar-refractivity contribution in [2.75, 3.05) is 6.56 Å². The summed E-state index contributed by atoms with van der Waals surface area (Å²) in [7, 11) is 0. The average Bonchev–Trinajstić information content (AvgIpc) is 3.35. The van der Waals surface area contributed by atoms with Crippen molar-refractivity contribution in [3.63, 3.8) is 0 Å². The summed E-state index contributed by atoms with van der Waals surface area (Å²) < 4.78 is 65.9. The Morgan fingerprint density at radius 3 is 2.90 bits per heavy atom. The van der Waals surface area contributed by atoms with Crippen molar-refractivity contribution in [3.05, 3.63) is 82.8 Å². The Kier molecular flexibility index (Phi) is 3.30. The number of aliphatic hydroxyl groups excluding tert-OH is 1. The molecule has 1 N–H and O–H groups in total. The highest BCUT2D eigenvalue weighted by molar-refractivity contribution is 5.56. The van der Waals surface area contributed by atoms with E-state index in [2.05, 4.69) is 20.2 Å². The van der Waals surface area contributed by atoms with E-state index in [-0.39, 0.29) is 28.5 Å². The van der Waals surface area contributed by atoms with Crippen LogP contribution in [-0.2, 0) is 6.98 Å². The van der Waals surface area contributed by atoms with Crippen LogP contribution in [0.25, 0.3) is 17.1 Å². The minimum Gasteiger partial charge on any atom is -0.491 e. The molecule has 0 spiro atoms. The lowest BCUT2D eigenvalue weighted by atomic mass is 10.0. The molecule has 3 heterocycles. The van der Waals surface area contributed by atoms with Gasteiger partial charge in [-0.3, -0.25) is 9.48 Å². The molecule has 4 rings (SSSR count). The fourth-order valence-corrected chi connectivity index (χ4v) is 2.77. The number of hydrogen-bond donors (Lipinski definition) is 1. The molecule has 0 fully saturated rings. The minimum atomic E-state index is -3.02. The molecule has 0 amide bonds. The molecule has 0 aliphatic carbocycles. The van der Waals surface area contributed by atoms with Gasteiger partial charge in [0.1, 0.15) is 17.5 Å². The molecule has 9 nitrogen and oxygen atoms in total. The van der Waals surface area contributed by atoms with Crippen LogP contribution in [0.5, 0.6) is 5.75 Å². The van der Waals surface area contributed by atoms with Gasteiger partial charge in [0, 0.05) is 33.0 Å². The first-order valence-electron chi connectivity index (χ1n) is 12.6. The molecule has 152 valence electrons. The fraction of sp³-hybridized carbons (Fsp3) is 0.190. The predicted molar refractivity (Wildman–Crippen MR) is 109 cm³/mol.